The largest absolute Gasteiger partial charge is 0.494 e. The van der Waals surface area contributed by atoms with Crippen molar-refractivity contribution in [1.29, 1.82) is 0 Å². The lowest BCUT2D eigenvalue weighted by Crippen LogP contribution is -2.31. The van der Waals surface area contributed by atoms with Gasteiger partial charge in [0, 0.05) is 0 Å². The molecule has 2 N–H and O–H groups in total. The predicted octanol–water partition coefficient (Wildman–Crippen LogP) is 3.84. The highest BCUT2D eigenvalue weighted by Crippen LogP contribution is 2.29. The molecule has 102 valence electrons. The first-order chi connectivity index (χ1) is 8.56. The molecule has 0 radical (unpaired) electrons. The first-order valence-corrected chi connectivity index (χ1v) is 6.97. The summed E-state index contributed by atoms with van der Waals surface area (Å²) in [4.78, 5) is 0. The van der Waals surface area contributed by atoms with Crippen molar-refractivity contribution in [2.24, 2.45) is 11.1 Å². The van der Waals surface area contributed by atoms with Gasteiger partial charge in [-0.25, -0.2) is 0 Å². The van der Waals surface area contributed by atoms with Crippen molar-refractivity contribution in [3.8, 4) is 5.75 Å². The second-order valence-electron chi connectivity index (χ2n) is 5.26. The normalized spacial score (nSPS) is 11.6. The van der Waals surface area contributed by atoms with Crippen LogP contribution in [0.25, 0.3) is 0 Å². The lowest BCUT2D eigenvalue weighted by molar-refractivity contribution is 0.187. The number of hydrogen-bond acceptors (Lipinski definition) is 2. The Hall–Kier alpha value is -1.02. The van der Waals surface area contributed by atoms with E-state index in [0.717, 1.165) is 38.2 Å². The van der Waals surface area contributed by atoms with E-state index in [2.05, 4.69) is 39.8 Å². The van der Waals surface area contributed by atoms with Gasteiger partial charge < -0.3 is 10.5 Å². The van der Waals surface area contributed by atoms with Gasteiger partial charge in [0.2, 0.25) is 0 Å². The fourth-order valence-corrected chi connectivity index (χ4v) is 2.18. The summed E-state index contributed by atoms with van der Waals surface area (Å²) in [7, 11) is 0. The summed E-state index contributed by atoms with van der Waals surface area (Å²) in [6.07, 6.45) is 3.27. The van der Waals surface area contributed by atoms with Gasteiger partial charge in [-0.1, -0.05) is 19.9 Å². The SMILES string of the molecule is CCC(CC)(CN)CCOc1ccc(C)c(C)c1. The fraction of sp³-hybridized carbons (Fsp3) is 0.625. The van der Waals surface area contributed by atoms with Crippen LogP contribution in [0, 0.1) is 19.3 Å². The number of ether oxygens (including phenoxy) is 1. The molecule has 0 spiro atoms. The van der Waals surface area contributed by atoms with Crippen LogP contribution >= 0.6 is 0 Å². The molecule has 0 unspecified atom stereocenters. The van der Waals surface area contributed by atoms with E-state index in [1.54, 1.807) is 0 Å². The van der Waals surface area contributed by atoms with E-state index in [1.165, 1.54) is 11.1 Å². The lowest BCUT2D eigenvalue weighted by Gasteiger charge is -2.30. The van der Waals surface area contributed by atoms with Crippen molar-refractivity contribution < 1.29 is 4.74 Å². The maximum Gasteiger partial charge on any atom is 0.119 e. The second-order valence-corrected chi connectivity index (χ2v) is 5.26. The van der Waals surface area contributed by atoms with Crippen LogP contribution in [0.5, 0.6) is 5.75 Å². The number of aryl methyl sites for hydroxylation is 2. The van der Waals surface area contributed by atoms with Crippen LogP contribution in [0.15, 0.2) is 18.2 Å². The highest BCUT2D eigenvalue weighted by Gasteiger charge is 2.23. The molecular weight excluding hydrogens is 222 g/mol. The average Bonchev–Trinajstić information content (AvgIpc) is 2.39. The number of nitrogens with two attached hydrogens (primary N) is 1. The number of rotatable bonds is 7. The number of hydrogen-bond donors (Lipinski definition) is 1. The van der Waals surface area contributed by atoms with Crippen molar-refractivity contribution in [1.82, 2.24) is 0 Å². The van der Waals surface area contributed by atoms with Crippen LogP contribution in [0.1, 0.15) is 44.2 Å². The molecule has 2 heteroatoms. The zero-order valence-electron chi connectivity index (χ0n) is 12.3. The molecule has 1 rings (SSSR count). The van der Waals surface area contributed by atoms with Crippen LogP contribution in [-0.2, 0) is 0 Å². The summed E-state index contributed by atoms with van der Waals surface area (Å²) in [5.41, 5.74) is 8.73. The average molecular weight is 249 g/mol. The monoisotopic (exact) mass is 249 g/mol. The maximum absolute atomic E-state index is 5.90. The highest BCUT2D eigenvalue weighted by atomic mass is 16.5. The van der Waals surface area contributed by atoms with Gasteiger partial charge >= 0.3 is 0 Å². The van der Waals surface area contributed by atoms with E-state index in [0.29, 0.717) is 0 Å². The zero-order chi connectivity index (χ0) is 13.6. The van der Waals surface area contributed by atoms with Crippen LogP contribution in [0.2, 0.25) is 0 Å². The Morgan fingerprint density at radius 1 is 1.11 bits per heavy atom. The standard InChI is InChI=1S/C16H27NO/c1-5-16(6-2,12-17)9-10-18-15-8-7-13(3)14(4)11-15/h7-8,11H,5-6,9-10,12,17H2,1-4H3. The summed E-state index contributed by atoms with van der Waals surface area (Å²) >= 11 is 0. The Morgan fingerprint density at radius 2 is 1.78 bits per heavy atom. The molecule has 2 nitrogen and oxygen atoms in total. The Morgan fingerprint density at radius 3 is 2.28 bits per heavy atom. The molecule has 0 aromatic heterocycles. The van der Waals surface area contributed by atoms with E-state index in [4.69, 9.17) is 10.5 Å². The molecular formula is C16H27NO. The minimum Gasteiger partial charge on any atom is -0.494 e. The van der Waals surface area contributed by atoms with Crippen LogP contribution in [0.4, 0.5) is 0 Å². The fourth-order valence-electron chi connectivity index (χ4n) is 2.18. The van der Waals surface area contributed by atoms with Crippen molar-refractivity contribution in [2.45, 2.75) is 47.0 Å². The molecule has 1 aromatic carbocycles. The molecule has 0 bridgehead atoms. The first kappa shape index (κ1) is 15.0. The Bertz CT molecular complexity index is 361. The smallest absolute Gasteiger partial charge is 0.119 e. The van der Waals surface area contributed by atoms with E-state index < -0.39 is 0 Å². The molecule has 18 heavy (non-hydrogen) atoms. The predicted molar refractivity (Wildman–Crippen MR) is 78.1 cm³/mol. The minimum atomic E-state index is 0.250. The minimum absolute atomic E-state index is 0.250. The lowest BCUT2D eigenvalue weighted by atomic mass is 9.80. The van der Waals surface area contributed by atoms with Gasteiger partial charge in [0.15, 0.2) is 0 Å². The van der Waals surface area contributed by atoms with Gasteiger partial charge in [-0.3, -0.25) is 0 Å². The Kier molecular flexibility index (Phi) is 5.67. The topological polar surface area (TPSA) is 35.2 Å². The van der Waals surface area contributed by atoms with Crippen molar-refractivity contribution >= 4 is 0 Å². The third-order valence-electron chi connectivity index (χ3n) is 4.31. The second kappa shape index (κ2) is 6.79. The van der Waals surface area contributed by atoms with E-state index in [9.17, 15) is 0 Å². The Balaban J connectivity index is 2.52. The van der Waals surface area contributed by atoms with Gasteiger partial charge in [0.1, 0.15) is 5.75 Å². The van der Waals surface area contributed by atoms with E-state index >= 15 is 0 Å². The molecule has 0 heterocycles. The summed E-state index contributed by atoms with van der Waals surface area (Å²) in [5.74, 6) is 0.969. The molecule has 0 fully saturated rings. The summed E-state index contributed by atoms with van der Waals surface area (Å²) in [5, 5.41) is 0. The molecule has 0 atom stereocenters. The van der Waals surface area contributed by atoms with Gasteiger partial charge in [-0.2, -0.15) is 0 Å². The van der Waals surface area contributed by atoms with Gasteiger partial charge in [-0.15, -0.1) is 0 Å². The third kappa shape index (κ3) is 3.74. The van der Waals surface area contributed by atoms with Crippen LogP contribution < -0.4 is 10.5 Å². The molecule has 0 aliphatic rings. The molecule has 0 aliphatic carbocycles. The van der Waals surface area contributed by atoms with Crippen molar-refractivity contribution in [2.75, 3.05) is 13.2 Å². The summed E-state index contributed by atoms with van der Waals surface area (Å²) < 4.78 is 5.85. The Labute approximate surface area is 112 Å². The third-order valence-corrected chi connectivity index (χ3v) is 4.31. The molecule has 0 saturated heterocycles. The highest BCUT2D eigenvalue weighted by molar-refractivity contribution is 5.33. The zero-order valence-corrected chi connectivity index (χ0v) is 12.3. The molecule has 0 aliphatic heterocycles. The van der Waals surface area contributed by atoms with Crippen molar-refractivity contribution in [3.05, 3.63) is 29.3 Å². The molecule has 1 aromatic rings. The van der Waals surface area contributed by atoms with Crippen LogP contribution in [-0.4, -0.2) is 13.2 Å². The van der Waals surface area contributed by atoms with Gasteiger partial charge in [-0.05, 0) is 68.3 Å². The number of benzene rings is 1. The molecule has 0 saturated carbocycles. The first-order valence-electron chi connectivity index (χ1n) is 6.97. The summed E-state index contributed by atoms with van der Waals surface area (Å²) in [6.45, 7) is 10.2. The quantitative estimate of drug-likeness (QED) is 0.797. The van der Waals surface area contributed by atoms with Crippen molar-refractivity contribution in [3.63, 3.8) is 0 Å². The van der Waals surface area contributed by atoms with Gasteiger partial charge in [0.25, 0.3) is 0 Å². The van der Waals surface area contributed by atoms with E-state index in [-0.39, 0.29) is 5.41 Å². The van der Waals surface area contributed by atoms with Crippen LogP contribution in [0.3, 0.4) is 0 Å². The van der Waals surface area contributed by atoms with Gasteiger partial charge in [0.05, 0.1) is 6.61 Å². The van der Waals surface area contributed by atoms with E-state index in [1.807, 2.05) is 6.07 Å². The maximum atomic E-state index is 5.90. The molecule has 0 amide bonds. The summed E-state index contributed by atoms with van der Waals surface area (Å²) in [6, 6.07) is 6.27.